The highest BCUT2D eigenvalue weighted by Gasteiger charge is 2.23. The molecule has 0 aliphatic rings. The molecule has 3 aromatic rings. The summed E-state index contributed by atoms with van der Waals surface area (Å²) in [5, 5.41) is 7.87. The molecule has 0 unspecified atom stereocenters. The van der Waals surface area contributed by atoms with Crippen molar-refractivity contribution in [3.63, 3.8) is 0 Å². The van der Waals surface area contributed by atoms with Crippen LogP contribution in [0.5, 0.6) is 0 Å². The molecule has 0 aliphatic carbocycles. The summed E-state index contributed by atoms with van der Waals surface area (Å²) in [5.41, 5.74) is 3.08. The number of alkyl halides is 2. The van der Waals surface area contributed by atoms with E-state index >= 15 is 0 Å². The van der Waals surface area contributed by atoms with Crippen LogP contribution in [0.2, 0.25) is 0 Å². The molecule has 0 atom stereocenters. The molecule has 2 heterocycles. The van der Waals surface area contributed by atoms with Gasteiger partial charge >= 0.3 is 6.55 Å². The summed E-state index contributed by atoms with van der Waals surface area (Å²) < 4.78 is 55.3. The molecule has 0 spiro atoms. The summed E-state index contributed by atoms with van der Waals surface area (Å²) in [5.74, 6) is 0. The number of aromatic nitrogens is 4. The smallest absolute Gasteiger partial charge is 0.238 e. The first-order valence-electron chi connectivity index (χ1n) is 8.14. The lowest BCUT2D eigenvalue weighted by atomic mass is 10.2. The van der Waals surface area contributed by atoms with Gasteiger partial charge in [-0.05, 0) is 38.5 Å². The molecule has 0 amide bonds. The molecule has 10 heteroatoms. The Hall–Kier alpha value is -2.59. The van der Waals surface area contributed by atoms with Crippen molar-refractivity contribution in [3.8, 4) is 5.69 Å². The Balaban J connectivity index is 1.88. The Morgan fingerprint density at radius 3 is 2.48 bits per heavy atom. The lowest BCUT2D eigenvalue weighted by Crippen LogP contribution is -2.24. The molecule has 7 nitrogen and oxygen atoms in total. The average molecular weight is 395 g/mol. The van der Waals surface area contributed by atoms with Crippen LogP contribution in [-0.2, 0) is 16.6 Å². The number of halogens is 2. The maximum absolute atomic E-state index is 12.8. The van der Waals surface area contributed by atoms with E-state index in [9.17, 15) is 17.2 Å². The van der Waals surface area contributed by atoms with Crippen molar-refractivity contribution in [2.45, 2.75) is 38.8 Å². The molecule has 1 aromatic carbocycles. The van der Waals surface area contributed by atoms with Crippen LogP contribution >= 0.6 is 0 Å². The van der Waals surface area contributed by atoms with Gasteiger partial charge in [0, 0.05) is 12.2 Å². The van der Waals surface area contributed by atoms with Crippen LogP contribution in [0, 0.1) is 20.8 Å². The van der Waals surface area contributed by atoms with Gasteiger partial charge in [0.25, 0.3) is 0 Å². The maximum Gasteiger partial charge on any atom is 0.333 e. The summed E-state index contributed by atoms with van der Waals surface area (Å²) in [6.07, 6.45) is 0.927. The van der Waals surface area contributed by atoms with Crippen molar-refractivity contribution in [2.75, 3.05) is 0 Å². The summed E-state index contributed by atoms with van der Waals surface area (Å²) in [4.78, 5) is -0.272. The quantitative estimate of drug-likeness (QED) is 0.696. The predicted octanol–water partition coefficient (Wildman–Crippen LogP) is 2.87. The van der Waals surface area contributed by atoms with E-state index in [0.717, 1.165) is 23.3 Å². The zero-order valence-electron chi connectivity index (χ0n) is 15.0. The minimum Gasteiger partial charge on any atom is -0.238 e. The van der Waals surface area contributed by atoms with Gasteiger partial charge in [-0.1, -0.05) is 18.2 Å². The van der Waals surface area contributed by atoms with E-state index in [-0.39, 0.29) is 17.1 Å². The molecule has 0 aliphatic heterocycles. The van der Waals surface area contributed by atoms with Crippen LogP contribution in [0.3, 0.4) is 0 Å². The van der Waals surface area contributed by atoms with Gasteiger partial charge in [0.05, 0.1) is 23.3 Å². The molecular weight excluding hydrogens is 376 g/mol. The number of nitrogens with one attached hydrogen (secondary N) is 1. The minimum atomic E-state index is -4.00. The second-order valence-electron chi connectivity index (χ2n) is 6.11. The molecule has 27 heavy (non-hydrogen) atoms. The van der Waals surface area contributed by atoms with Gasteiger partial charge in [0.1, 0.15) is 4.90 Å². The van der Waals surface area contributed by atoms with Crippen LogP contribution in [0.1, 0.15) is 29.2 Å². The summed E-state index contributed by atoms with van der Waals surface area (Å²) in [7, 11) is -4.00. The number of para-hydroxylation sites is 1. The van der Waals surface area contributed by atoms with Crippen LogP contribution in [0.15, 0.2) is 41.4 Å². The van der Waals surface area contributed by atoms with Crippen LogP contribution in [0.4, 0.5) is 8.78 Å². The summed E-state index contributed by atoms with van der Waals surface area (Å²) in [6.45, 7) is 2.15. The number of aryl methyl sites for hydroxylation is 2. The number of nitrogens with zero attached hydrogens (tertiary/aromatic N) is 4. The van der Waals surface area contributed by atoms with E-state index < -0.39 is 16.6 Å². The van der Waals surface area contributed by atoms with Crippen LogP contribution in [0.25, 0.3) is 5.69 Å². The Bertz CT molecular complexity index is 1070. The average Bonchev–Trinajstić information content (AvgIpc) is 3.15. The second-order valence-corrected chi connectivity index (χ2v) is 7.84. The van der Waals surface area contributed by atoms with Crippen molar-refractivity contribution in [1.82, 2.24) is 24.3 Å². The Labute approximate surface area is 155 Å². The molecule has 1 N–H and O–H groups in total. The van der Waals surface area contributed by atoms with E-state index in [0.29, 0.717) is 10.2 Å². The molecule has 0 radical (unpaired) electrons. The molecule has 3 rings (SSSR count). The molecular formula is C17H19F2N5O2S. The van der Waals surface area contributed by atoms with Gasteiger partial charge < -0.3 is 0 Å². The van der Waals surface area contributed by atoms with E-state index in [1.807, 2.05) is 32.0 Å². The van der Waals surface area contributed by atoms with E-state index in [4.69, 9.17) is 0 Å². The third-order valence-corrected chi connectivity index (χ3v) is 5.66. The van der Waals surface area contributed by atoms with E-state index in [1.165, 1.54) is 6.92 Å². The van der Waals surface area contributed by atoms with Crippen molar-refractivity contribution < 1.29 is 17.2 Å². The summed E-state index contributed by atoms with van der Waals surface area (Å²) >= 11 is 0. The second kappa shape index (κ2) is 7.20. The number of hydrogen-bond donors (Lipinski definition) is 1. The van der Waals surface area contributed by atoms with Crippen molar-refractivity contribution >= 4 is 10.0 Å². The molecule has 144 valence electrons. The monoisotopic (exact) mass is 395 g/mol. The molecule has 0 saturated heterocycles. The maximum atomic E-state index is 12.8. The number of rotatable bonds is 6. The van der Waals surface area contributed by atoms with Gasteiger partial charge in [0.15, 0.2) is 0 Å². The highest BCUT2D eigenvalue weighted by atomic mass is 32.2. The van der Waals surface area contributed by atoms with Gasteiger partial charge in [-0.25, -0.2) is 22.5 Å². The zero-order chi connectivity index (χ0) is 19.8. The van der Waals surface area contributed by atoms with Crippen molar-refractivity contribution in [2.24, 2.45) is 0 Å². The van der Waals surface area contributed by atoms with Crippen LogP contribution in [-0.4, -0.2) is 28.0 Å². The predicted molar refractivity (Wildman–Crippen MR) is 95.3 cm³/mol. The first kappa shape index (κ1) is 19.2. The normalized spacial score (nSPS) is 12.1. The van der Waals surface area contributed by atoms with Gasteiger partial charge in [0.2, 0.25) is 10.0 Å². The highest BCUT2D eigenvalue weighted by molar-refractivity contribution is 7.89. The fourth-order valence-corrected chi connectivity index (χ4v) is 4.03. The Morgan fingerprint density at radius 1 is 1.19 bits per heavy atom. The van der Waals surface area contributed by atoms with Crippen molar-refractivity contribution in [3.05, 3.63) is 59.2 Å². The lowest BCUT2D eigenvalue weighted by molar-refractivity contribution is 0.0541. The summed E-state index contributed by atoms with van der Waals surface area (Å²) in [6, 6.07) is 9.16. The van der Waals surface area contributed by atoms with Gasteiger partial charge in [-0.2, -0.15) is 19.0 Å². The first-order valence-corrected chi connectivity index (χ1v) is 9.62. The lowest BCUT2D eigenvalue weighted by Gasteiger charge is -2.12. The largest absolute Gasteiger partial charge is 0.333 e. The molecule has 0 saturated carbocycles. The molecule has 0 bridgehead atoms. The fraction of sp³-hybridized carbons (Fsp3) is 0.294. The van der Waals surface area contributed by atoms with Crippen LogP contribution < -0.4 is 4.72 Å². The fourth-order valence-electron chi connectivity index (χ4n) is 2.86. The number of sulfonamides is 1. The molecule has 2 aromatic heterocycles. The highest BCUT2D eigenvalue weighted by Crippen LogP contribution is 2.21. The SMILES string of the molecule is Cc1cc(C)n(-c2ccccc2CNS(=O)(=O)c2cnn(C(F)F)c2C)n1. The third kappa shape index (κ3) is 3.76. The standard InChI is InChI=1S/C17H19F2N5O2S/c1-11-8-12(2)23(22-11)15-7-5-4-6-14(15)9-21-27(25,26)16-10-20-24(13(16)3)17(18)19/h4-8,10,17,21H,9H2,1-3H3. The van der Waals surface area contributed by atoms with E-state index in [2.05, 4.69) is 14.9 Å². The third-order valence-electron chi connectivity index (χ3n) is 4.16. The van der Waals surface area contributed by atoms with Gasteiger partial charge in [-0.3, -0.25) is 0 Å². The first-order chi connectivity index (χ1) is 12.7. The Morgan fingerprint density at radius 2 is 1.89 bits per heavy atom. The minimum absolute atomic E-state index is 0.0177. The topological polar surface area (TPSA) is 81.8 Å². The molecule has 0 fully saturated rings. The number of hydrogen-bond acceptors (Lipinski definition) is 4. The number of benzene rings is 1. The van der Waals surface area contributed by atoms with Gasteiger partial charge in [-0.15, -0.1) is 0 Å². The van der Waals surface area contributed by atoms with Crippen molar-refractivity contribution in [1.29, 1.82) is 0 Å². The Kier molecular flexibility index (Phi) is 5.11. The van der Waals surface area contributed by atoms with E-state index in [1.54, 1.807) is 16.8 Å². The zero-order valence-corrected chi connectivity index (χ0v) is 15.8.